The van der Waals surface area contributed by atoms with Crippen LogP contribution in [-0.2, 0) is 11.3 Å². The Balaban J connectivity index is 1.53. The molecule has 3 N–H and O–H groups in total. The molecular weight excluding hydrogens is 384 g/mol. The molecule has 0 radical (unpaired) electrons. The Morgan fingerprint density at radius 2 is 1.84 bits per heavy atom. The van der Waals surface area contributed by atoms with Crippen molar-refractivity contribution in [3.8, 4) is 0 Å². The third kappa shape index (κ3) is 3.26. The molecule has 31 heavy (non-hydrogen) atoms. The van der Waals surface area contributed by atoms with E-state index in [0.717, 1.165) is 12.1 Å². The number of carbonyl (C=O) groups is 1. The van der Waals surface area contributed by atoms with Crippen LogP contribution in [0.15, 0.2) is 54.6 Å². The van der Waals surface area contributed by atoms with Crippen LogP contribution in [0.1, 0.15) is 49.4 Å². The molecule has 1 amide bonds. The van der Waals surface area contributed by atoms with Gasteiger partial charge in [-0.3, -0.25) is 15.1 Å². The molecule has 0 bridgehead atoms. The van der Waals surface area contributed by atoms with Crippen molar-refractivity contribution in [2.24, 2.45) is 23.5 Å². The second-order valence-corrected chi connectivity index (χ2v) is 9.72. The van der Waals surface area contributed by atoms with E-state index in [2.05, 4.69) is 60.0 Å². The van der Waals surface area contributed by atoms with E-state index in [1.165, 1.54) is 24.0 Å². The topological polar surface area (TPSA) is 73.4 Å². The summed E-state index contributed by atoms with van der Waals surface area (Å²) in [4.78, 5) is 18.7. The first-order chi connectivity index (χ1) is 15.0. The zero-order valence-corrected chi connectivity index (χ0v) is 18.4. The number of benzene rings is 2. The molecule has 3 aliphatic rings. The molecule has 5 rings (SSSR count). The third-order valence-electron chi connectivity index (χ3n) is 7.66. The van der Waals surface area contributed by atoms with Crippen molar-refractivity contribution in [1.29, 1.82) is 5.41 Å². The van der Waals surface area contributed by atoms with Crippen LogP contribution in [-0.4, -0.2) is 40.2 Å². The predicted molar refractivity (Wildman–Crippen MR) is 123 cm³/mol. The maximum Gasteiger partial charge on any atom is 0.228 e. The highest BCUT2D eigenvalue weighted by atomic mass is 16.2. The fourth-order valence-electron chi connectivity index (χ4n) is 6.54. The molecule has 3 saturated heterocycles. The Hall–Kier alpha value is -2.66. The maximum absolute atomic E-state index is 13.9. The quantitative estimate of drug-likeness (QED) is 0.575. The lowest BCUT2D eigenvalue weighted by Gasteiger charge is -2.35. The summed E-state index contributed by atoms with van der Waals surface area (Å²) in [6.07, 6.45) is 2.38. The number of rotatable bonds is 5. The number of hydrogen-bond donors (Lipinski definition) is 2. The van der Waals surface area contributed by atoms with Crippen molar-refractivity contribution >= 4 is 11.7 Å². The number of amidine groups is 1. The van der Waals surface area contributed by atoms with Crippen molar-refractivity contribution in [2.45, 2.75) is 51.4 Å². The lowest BCUT2D eigenvalue weighted by molar-refractivity contribution is -0.134. The molecule has 3 aliphatic heterocycles. The highest BCUT2D eigenvalue weighted by Gasteiger charge is 2.62. The van der Waals surface area contributed by atoms with E-state index >= 15 is 0 Å². The van der Waals surface area contributed by atoms with Gasteiger partial charge in [0.05, 0.1) is 5.92 Å². The first-order valence-electron chi connectivity index (χ1n) is 11.5. The zero-order valence-electron chi connectivity index (χ0n) is 18.4. The Labute approximate surface area is 184 Å². The van der Waals surface area contributed by atoms with E-state index < -0.39 is 0 Å². The standard InChI is InChI=1S/C26H32N4O/c1-16(2)23-21-20-9-6-14-29(20)24(18-10-12-19(13-11-18)25(27)28)22(21)26(31)30(23)15-17-7-4-3-5-8-17/h3-5,7-8,10-13,16,20-24H,6,9,14-15H2,1-2H3,(H3,27,28)/t20-,21-,22-,23+,24-/m1/s1. The fourth-order valence-corrected chi connectivity index (χ4v) is 6.54. The highest BCUT2D eigenvalue weighted by Crippen LogP contribution is 2.56. The van der Waals surface area contributed by atoms with Gasteiger partial charge in [0.15, 0.2) is 0 Å². The van der Waals surface area contributed by atoms with Gasteiger partial charge in [0.25, 0.3) is 0 Å². The van der Waals surface area contributed by atoms with Crippen LogP contribution in [0.4, 0.5) is 0 Å². The number of amides is 1. The number of nitrogen functional groups attached to an aromatic ring is 1. The van der Waals surface area contributed by atoms with Gasteiger partial charge in [-0.25, -0.2) is 0 Å². The summed E-state index contributed by atoms with van der Waals surface area (Å²) >= 11 is 0. The molecule has 0 aliphatic carbocycles. The molecule has 162 valence electrons. The molecule has 0 unspecified atom stereocenters. The SMILES string of the molecule is CC(C)[C@H]1[C@H]2[C@@H](C(=O)N1Cc1ccccc1)[C@@H](c1ccc(C(=N)N)cc1)N1CCC[C@H]21. The van der Waals surface area contributed by atoms with E-state index in [4.69, 9.17) is 11.1 Å². The molecule has 0 aromatic heterocycles. The smallest absolute Gasteiger partial charge is 0.228 e. The average Bonchev–Trinajstić information content (AvgIpc) is 3.41. The zero-order chi connectivity index (χ0) is 21.7. The van der Waals surface area contributed by atoms with Crippen LogP contribution in [0.5, 0.6) is 0 Å². The molecule has 3 heterocycles. The van der Waals surface area contributed by atoms with E-state index in [-0.39, 0.29) is 23.8 Å². The number of hydrogen-bond acceptors (Lipinski definition) is 3. The summed E-state index contributed by atoms with van der Waals surface area (Å²) in [5.41, 5.74) is 8.78. The van der Waals surface area contributed by atoms with Gasteiger partial charge in [-0.1, -0.05) is 68.4 Å². The summed E-state index contributed by atoms with van der Waals surface area (Å²) in [7, 11) is 0. The van der Waals surface area contributed by atoms with Gasteiger partial charge in [-0.15, -0.1) is 0 Å². The van der Waals surface area contributed by atoms with Crippen molar-refractivity contribution in [3.05, 3.63) is 71.3 Å². The Morgan fingerprint density at radius 3 is 2.48 bits per heavy atom. The van der Waals surface area contributed by atoms with Gasteiger partial charge >= 0.3 is 0 Å². The lowest BCUT2D eigenvalue weighted by atomic mass is 9.79. The number of carbonyl (C=O) groups excluding carboxylic acids is 1. The number of likely N-dealkylation sites (tertiary alicyclic amines) is 1. The Bertz CT molecular complexity index is 971. The molecule has 5 heteroatoms. The number of nitrogens with one attached hydrogen (secondary N) is 1. The minimum absolute atomic E-state index is 0.00425. The average molecular weight is 417 g/mol. The summed E-state index contributed by atoms with van der Waals surface area (Å²) in [6.45, 7) is 6.30. The largest absolute Gasteiger partial charge is 0.384 e. The normalized spacial score (nSPS) is 30.1. The van der Waals surface area contributed by atoms with Crippen molar-refractivity contribution < 1.29 is 4.79 Å². The Kier molecular flexibility index (Phi) is 5.09. The first-order valence-corrected chi connectivity index (χ1v) is 11.5. The van der Waals surface area contributed by atoms with Crippen molar-refractivity contribution in [1.82, 2.24) is 9.80 Å². The third-order valence-corrected chi connectivity index (χ3v) is 7.66. The van der Waals surface area contributed by atoms with Gasteiger partial charge in [0.2, 0.25) is 5.91 Å². The molecule has 0 saturated carbocycles. The van der Waals surface area contributed by atoms with Gasteiger partial charge in [0.1, 0.15) is 5.84 Å². The molecule has 2 aromatic rings. The molecule has 3 fully saturated rings. The minimum Gasteiger partial charge on any atom is -0.384 e. The van der Waals surface area contributed by atoms with Crippen LogP contribution in [0.2, 0.25) is 0 Å². The van der Waals surface area contributed by atoms with Crippen molar-refractivity contribution in [3.63, 3.8) is 0 Å². The molecular formula is C26H32N4O. The van der Waals surface area contributed by atoms with Crippen LogP contribution in [0.25, 0.3) is 0 Å². The van der Waals surface area contributed by atoms with Crippen LogP contribution in [0.3, 0.4) is 0 Å². The molecule has 5 nitrogen and oxygen atoms in total. The van der Waals surface area contributed by atoms with E-state index in [9.17, 15) is 4.79 Å². The number of nitrogens with zero attached hydrogens (tertiary/aromatic N) is 2. The molecule has 2 aromatic carbocycles. The highest BCUT2D eigenvalue weighted by molar-refractivity contribution is 5.95. The maximum atomic E-state index is 13.9. The minimum atomic E-state index is 0.00425. The second kappa shape index (κ2) is 7.79. The van der Waals surface area contributed by atoms with E-state index in [1.807, 2.05) is 18.2 Å². The van der Waals surface area contributed by atoms with E-state index in [1.54, 1.807) is 0 Å². The number of fused-ring (bicyclic) bond motifs is 3. The fraction of sp³-hybridized carbons (Fsp3) is 0.462. The predicted octanol–water partition coefficient (Wildman–Crippen LogP) is 3.79. The monoisotopic (exact) mass is 416 g/mol. The van der Waals surface area contributed by atoms with Gasteiger partial charge in [-0.05, 0) is 36.4 Å². The summed E-state index contributed by atoms with van der Waals surface area (Å²) in [6, 6.07) is 19.3. The van der Waals surface area contributed by atoms with Gasteiger partial charge in [0, 0.05) is 36.2 Å². The van der Waals surface area contributed by atoms with Crippen LogP contribution >= 0.6 is 0 Å². The second-order valence-electron chi connectivity index (χ2n) is 9.72. The Morgan fingerprint density at radius 1 is 1.13 bits per heavy atom. The van der Waals surface area contributed by atoms with Crippen LogP contribution < -0.4 is 5.73 Å². The summed E-state index contributed by atoms with van der Waals surface area (Å²) in [5, 5.41) is 7.70. The summed E-state index contributed by atoms with van der Waals surface area (Å²) in [5.74, 6) is 1.19. The lowest BCUT2D eigenvalue weighted by Crippen LogP contribution is -2.44. The van der Waals surface area contributed by atoms with Crippen LogP contribution in [0, 0.1) is 23.2 Å². The van der Waals surface area contributed by atoms with E-state index in [0.29, 0.717) is 30.3 Å². The molecule has 5 atom stereocenters. The van der Waals surface area contributed by atoms with Gasteiger partial charge in [-0.2, -0.15) is 0 Å². The van der Waals surface area contributed by atoms with Crippen molar-refractivity contribution in [2.75, 3.05) is 6.54 Å². The molecule has 0 spiro atoms. The number of nitrogens with two attached hydrogens (primary N) is 1. The van der Waals surface area contributed by atoms with Gasteiger partial charge < -0.3 is 10.6 Å². The first kappa shape index (κ1) is 20.3. The summed E-state index contributed by atoms with van der Waals surface area (Å²) < 4.78 is 0.